The van der Waals surface area contributed by atoms with Crippen molar-refractivity contribution in [1.29, 1.82) is 0 Å². The van der Waals surface area contributed by atoms with Crippen LogP contribution in [0.25, 0.3) is 22.3 Å². The van der Waals surface area contributed by atoms with E-state index in [9.17, 15) is 10.2 Å². The molecule has 0 radical (unpaired) electrons. The fourth-order valence-electron chi connectivity index (χ4n) is 5.32. The maximum Gasteiger partial charge on any atom is 0.132 e. The van der Waals surface area contributed by atoms with E-state index in [1.807, 2.05) is 161 Å². The number of aromatic hydroxyl groups is 2. The molecule has 0 saturated carbocycles. The summed E-state index contributed by atoms with van der Waals surface area (Å²) in [6.07, 6.45) is 3.47. The van der Waals surface area contributed by atoms with Crippen molar-refractivity contribution in [1.82, 2.24) is 0 Å². The minimum Gasteiger partial charge on any atom is -0.507 e. The van der Waals surface area contributed by atoms with Gasteiger partial charge in [-0.05, 0) is 73.2 Å². The Kier molecular flexibility index (Phi) is 12.2. The quantitative estimate of drug-likeness (QED) is 0.134. The summed E-state index contributed by atoms with van der Waals surface area (Å²) < 4.78 is 0. The van der Waals surface area contributed by atoms with Gasteiger partial charge in [-0.15, -0.1) is 0 Å². The maximum atomic E-state index is 10.6. The van der Waals surface area contributed by atoms with Gasteiger partial charge in [-0.3, -0.25) is 9.98 Å². The number of hydrogen-bond donors (Lipinski definition) is 2. The van der Waals surface area contributed by atoms with Crippen molar-refractivity contribution >= 4 is 23.8 Å². The molecule has 0 unspecified atom stereocenters. The van der Waals surface area contributed by atoms with E-state index in [0.717, 1.165) is 55.9 Å². The molecule has 0 bridgehead atoms. The Morgan fingerprint density at radius 3 is 1.06 bits per heavy atom. The van der Waals surface area contributed by atoms with Crippen LogP contribution < -0.4 is 0 Å². The van der Waals surface area contributed by atoms with Gasteiger partial charge in [0, 0.05) is 55.1 Å². The molecule has 0 fully saturated rings. The Labute approximate surface area is 291 Å². The summed E-state index contributed by atoms with van der Waals surface area (Å²) >= 11 is 0. The second kappa shape index (κ2) is 16.5. The first-order chi connectivity index (χ1) is 22.3. The van der Waals surface area contributed by atoms with E-state index in [4.69, 9.17) is 0 Å². The summed E-state index contributed by atoms with van der Waals surface area (Å²) in [4.78, 5) is 9.17. The predicted octanol–water partition coefficient (Wildman–Crippen LogP) is 10.9. The fourth-order valence-corrected chi connectivity index (χ4v) is 5.32. The van der Waals surface area contributed by atoms with E-state index in [0.29, 0.717) is 11.1 Å². The standard InChI is InChI=1S/2C21H19NO.Pd/c2*1-15-8-6-9-16(2)20(15)22-14-18-12-7-13-19(21(18)23)17-10-4-3-5-11-17;/h2*3-14,23H,1-2H3;. The van der Waals surface area contributed by atoms with E-state index >= 15 is 0 Å². The zero-order valence-electron chi connectivity index (χ0n) is 27.0. The molecule has 0 aliphatic heterocycles. The predicted molar refractivity (Wildman–Crippen MR) is 193 cm³/mol. The summed E-state index contributed by atoms with van der Waals surface area (Å²) in [6.45, 7) is 8.17. The molecule has 4 nitrogen and oxygen atoms in total. The Morgan fingerprint density at radius 1 is 0.404 bits per heavy atom. The third kappa shape index (κ3) is 8.60. The largest absolute Gasteiger partial charge is 0.507 e. The van der Waals surface area contributed by atoms with Gasteiger partial charge in [-0.2, -0.15) is 0 Å². The van der Waals surface area contributed by atoms with E-state index in [1.165, 1.54) is 0 Å². The molecule has 0 aliphatic rings. The van der Waals surface area contributed by atoms with E-state index in [1.54, 1.807) is 12.4 Å². The minimum atomic E-state index is 0. The summed E-state index contributed by atoms with van der Waals surface area (Å²) in [6, 6.07) is 43.4. The summed E-state index contributed by atoms with van der Waals surface area (Å²) in [5.74, 6) is 0.516. The second-order valence-electron chi connectivity index (χ2n) is 11.2. The van der Waals surface area contributed by atoms with Gasteiger partial charge >= 0.3 is 0 Å². The first kappa shape index (κ1) is 34.8. The minimum absolute atomic E-state index is 0. The molecule has 0 aliphatic carbocycles. The van der Waals surface area contributed by atoms with Crippen LogP contribution in [0, 0.1) is 27.7 Å². The number of benzene rings is 6. The number of rotatable bonds is 6. The second-order valence-corrected chi connectivity index (χ2v) is 11.2. The van der Waals surface area contributed by atoms with Crippen LogP contribution in [-0.2, 0) is 20.4 Å². The first-order valence-electron chi connectivity index (χ1n) is 15.3. The Morgan fingerprint density at radius 2 is 0.723 bits per heavy atom. The topological polar surface area (TPSA) is 65.2 Å². The smallest absolute Gasteiger partial charge is 0.132 e. The Hall–Kier alpha value is -5.08. The van der Waals surface area contributed by atoms with Crippen molar-refractivity contribution in [3.05, 3.63) is 167 Å². The molecule has 2 N–H and O–H groups in total. The van der Waals surface area contributed by atoms with Crippen molar-refractivity contribution in [2.24, 2.45) is 9.98 Å². The number of nitrogens with zero attached hydrogens (tertiary/aromatic N) is 2. The van der Waals surface area contributed by atoms with Gasteiger partial charge in [0.25, 0.3) is 0 Å². The number of phenolic OH excluding ortho intramolecular Hbond substituents is 2. The molecule has 0 spiro atoms. The van der Waals surface area contributed by atoms with Gasteiger partial charge in [0.05, 0.1) is 11.4 Å². The van der Waals surface area contributed by atoms with Crippen LogP contribution in [0.2, 0.25) is 0 Å². The Bertz CT molecular complexity index is 1810. The van der Waals surface area contributed by atoms with Crippen LogP contribution in [-0.4, -0.2) is 22.6 Å². The number of para-hydroxylation sites is 4. The zero-order chi connectivity index (χ0) is 32.5. The molecule has 0 aromatic heterocycles. The average Bonchev–Trinajstić information content (AvgIpc) is 3.07. The zero-order valence-corrected chi connectivity index (χ0v) is 28.5. The first-order valence-corrected chi connectivity index (χ1v) is 15.3. The third-order valence-electron chi connectivity index (χ3n) is 7.85. The average molecular weight is 709 g/mol. The maximum absolute atomic E-state index is 10.6. The monoisotopic (exact) mass is 708 g/mol. The van der Waals surface area contributed by atoms with Crippen LogP contribution in [0.1, 0.15) is 33.4 Å². The fraction of sp³-hybridized carbons (Fsp3) is 0.0952. The van der Waals surface area contributed by atoms with Crippen LogP contribution in [0.4, 0.5) is 11.4 Å². The number of aliphatic imine (C=N–C) groups is 2. The summed E-state index contributed by atoms with van der Waals surface area (Å²) in [5, 5.41) is 21.1. The van der Waals surface area contributed by atoms with Gasteiger partial charge in [-0.25, -0.2) is 0 Å². The van der Waals surface area contributed by atoms with Crippen LogP contribution in [0.3, 0.4) is 0 Å². The van der Waals surface area contributed by atoms with Gasteiger partial charge in [0.1, 0.15) is 11.5 Å². The molecule has 238 valence electrons. The van der Waals surface area contributed by atoms with Crippen LogP contribution in [0.5, 0.6) is 11.5 Å². The molecule has 6 aromatic carbocycles. The third-order valence-corrected chi connectivity index (χ3v) is 7.85. The van der Waals surface area contributed by atoms with Crippen molar-refractivity contribution in [3.8, 4) is 33.8 Å². The molecule has 5 heteroatoms. The molecule has 0 heterocycles. The molecule has 0 amide bonds. The van der Waals surface area contributed by atoms with Crippen LogP contribution in [0.15, 0.2) is 143 Å². The van der Waals surface area contributed by atoms with Crippen molar-refractivity contribution in [2.75, 3.05) is 0 Å². The van der Waals surface area contributed by atoms with Gasteiger partial charge < -0.3 is 10.2 Å². The van der Waals surface area contributed by atoms with E-state index < -0.39 is 0 Å². The molecular formula is C42H38N2O2Pd. The van der Waals surface area contributed by atoms with Gasteiger partial charge in [0.15, 0.2) is 0 Å². The normalized spacial score (nSPS) is 10.8. The van der Waals surface area contributed by atoms with Gasteiger partial charge in [-0.1, -0.05) is 121 Å². The van der Waals surface area contributed by atoms with Crippen molar-refractivity contribution in [2.45, 2.75) is 27.7 Å². The van der Waals surface area contributed by atoms with E-state index in [2.05, 4.69) is 9.98 Å². The molecule has 6 aromatic rings. The van der Waals surface area contributed by atoms with Gasteiger partial charge in [0.2, 0.25) is 0 Å². The molecule has 0 atom stereocenters. The van der Waals surface area contributed by atoms with Crippen molar-refractivity contribution in [3.63, 3.8) is 0 Å². The van der Waals surface area contributed by atoms with E-state index in [-0.39, 0.29) is 31.9 Å². The van der Waals surface area contributed by atoms with Crippen LogP contribution >= 0.6 is 0 Å². The summed E-state index contributed by atoms with van der Waals surface area (Å²) in [7, 11) is 0. The molecular weight excluding hydrogens is 671 g/mol. The number of aryl methyl sites for hydroxylation is 4. The number of hydrogen-bond acceptors (Lipinski definition) is 4. The Balaban J connectivity index is 0.000000208. The molecule has 47 heavy (non-hydrogen) atoms. The SMILES string of the molecule is Cc1cccc(C)c1N=Cc1cccc(-c2ccccc2)c1O.Cc1cccc(C)c1N=Cc1cccc(-c2ccccc2)c1O.[Pd]. The number of phenols is 2. The molecule has 0 saturated heterocycles. The van der Waals surface area contributed by atoms with Crippen molar-refractivity contribution < 1.29 is 30.6 Å². The summed E-state index contributed by atoms with van der Waals surface area (Å²) in [5.41, 5.74) is 11.5. The molecule has 6 rings (SSSR count).